The molecule has 0 bridgehead atoms. The molecular formula is C12H21N3O2S. The summed E-state index contributed by atoms with van der Waals surface area (Å²) >= 11 is 0. The Bertz CT molecular complexity index is 491. The van der Waals surface area contributed by atoms with Crippen LogP contribution in [0.3, 0.4) is 0 Å². The zero-order valence-electron chi connectivity index (χ0n) is 10.9. The molecule has 1 aliphatic carbocycles. The van der Waals surface area contributed by atoms with Gasteiger partial charge in [0.05, 0.1) is 4.90 Å². The van der Waals surface area contributed by atoms with E-state index < -0.39 is 10.0 Å². The van der Waals surface area contributed by atoms with Gasteiger partial charge in [-0.3, -0.25) is 0 Å². The average molecular weight is 271 g/mol. The van der Waals surface area contributed by atoms with Gasteiger partial charge in [0, 0.05) is 25.0 Å². The molecule has 0 saturated heterocycles. The maximum Gasteiger partial charge on any atom is 0.242 e. The molecule has 1 saturated carbocycles. The zero-order valence-corrected chi connectivity index (χ0v) is 11.7. The van der Waals surface area contributed by atoms with Crippen LogP contribution in [-0.2, 0) is 16.6 Å². The van der Waals surface area contributed by atoms with Crippen molar-refractivity contribution in [1.29, 1.82) is 0 Å². The Labute approximate surface area is 108 Å². The molecule has 0 aromatic carbocycles. The third kappa shape index (κ3) is 3.34. The van der Waals surface area contributed by atoms with Gasteiger partial charge in [-0.05, 0) is 37.8 Å². The highest BCUT2D eigenvalue weighted by Crippen LogP contribution is 2.36. The highest BCUT2D eigenvalue weighted by Gasteiger charge is 2.28. The standard InChI is InChI=1S/C12H21N3O2S/c1-9(10-3-4-10)6-15-18(16,17)12-5-11(7-13-2)14-8-12/h5,8-10,13-15H,3-4,6-7H2,1-2H3. The van der Waals surface area contributed by atoms with Gasteiger partial charge in [-0.1, -0.05) is 6.92 Å². The lowest BCUT2D eigenvalue weighted by Gasteiger charge is -2.10. The molecule has 1 heterocycles. The van der Waals surface area contributed by atoms with Crippen molar-refractivity contribution in [3.63, 3.8) is 0 Å². The Balaban J connectivity index is 1.95. The molecule has 102 valence electrons. The lowest BCUT2D eigenvalue weighted by molar-refractivity contribution is 0.492. The smallest absolute Gasteiger partial charge is 0.242 e. The lowest BCUT2D eigenvalue weighted by atomic mass is 10.1. The number of aromatic amines is 1. The lowest BCUT2D eigenvalue weighted by Crippen LogP contribution is -2.28. The minimum atomic E-state index is -3.37. The zero-order chi connectivity index (χ0) is 13.2. The molecule has 3 N–H and O–H groups in total. The molecule has 1 fully saturated rings. The van der Waals surface area contributed by atoms with Gasteiger partial charge >= 0.3 is 0 Å². The molecule has 1 atom stereocenters. The molecule has 18 heavy (non-hydrogen) atoms. The summed E-state index contributed by atoms with van der Waals surface area (Å²) in [6.07, 6.45) is 4.01. The second-order valence-electron chi connectivity index (χ2n) is 5.06. The van der Waals surface area contributed by atoms with Crippen molar-refractivity contribution in [2.24, 2.45) is 11.8 Å². The molecule has 0 spiro atoms. The Morgan fingerprint density at radius 3 is 2.83 bits per heavy atom. The van der Waals surface area contributed by atoms with Crippen LogP contribution in [0.15, 0.2) is 17.2 Å². The van der Waals surface area contributed by atoms with Crippen molar-refractivity contribution in [3.8, 4) is 0 Å². The summed E-state index contributed by atoms with van der Waals surface area (Å²) in [7, 11) is -1.54. The number of hydrogen-bond donors (Lipinski definition) is 3. The normalized spacial score (nSPS) is 17.9. The number of aromatic nitrogens is 1. The molecule has 0 radical (unpaired) electrons. The van der Waals surface area contributed by atoms with Crippen molar-refractivity contribution in [2.45, 2.75) is 31.2 Å². The van der Waals surface area contributed by atoms with Crippen LogP contribution in [0.25, 0.3) is 0 Å². The summed E-state index contributed by atoms with van der Waals surface area (Å²) in [5.74, 6) is 1.13. The van der Waals surface area contributed by atoms with Gasteiger partial charge < -0.3 is 10.3 Å². The Kier molecular flexibility index (Phi) is 4.09. The van der Waals surface area contributed by atoms with Crippen LogP contribution in [-0.4, -0.2) is 27.0 Å². The van der Waals surface area contributed by atoms with Gasteiger partial charge in [0.1, 0.15) is 0 Å². The fourth-order valence-electron chi connectivity index (χ4n) is 2.02. The van der Waals surface area contributed by atoms with E-state index in [1.165, 1.54) is 19.0 Å². The molecule has 5 nitrogen and oxygen atoms in total. The minimum absolute atomic E-state index is 0.316. The van der Waals surface area contributed by atoms with Crippen LogP contribution in [0.1, 0.15) is 25.5 Å². The third-order valence-corrected chi connectivity index (χ3v) is 4.82. The average Bonchev–Trinajstić information content (AvgIpc) is 3.07. The number of H-pyrrole nitrogens is 1. The SMILES string of the molecule is CNCc1cc(S(=O)(=O)NCC(C)C2CC2)c[nH]1. The summed E-state index contributed by atoms with van der Waals surface area (Å²) in [5.41, 5.74) is 0.869. The van der Waals surface area contributed by atoms with Crippen molar-refractivity contribution < 1.29 is 8.42 Å². The van der Waals surface area contributed by atoms with Gasteiger partial charge in [-0.25, -0.2) is 13.1 Å². The molecular weight excluding hydrogens is 250 g/mol. The van der Waals surface area contributed by atoms with Crippen LogP contribution in [0.2, 0.25) is 0 Å². The van der Waals surface area contributed by atoms with Gasteiger partial charge in [-0.15, -0.1) is 0 Å². The van der Waals surface area contributed by atoms with Crippen LogP contribution < -0.4 is 10.0 Å². The Morgan fingerprint density at radius 2 is 2.22 bits per heavy atom. The second-order valence-corrected chi connectivity index (χ2v) is 6.82. The summed E-state index contributed by atoms with van der Waals surface area (Å²) in [5, 5.41) is 2.98. The first-order valence-electron chi connectivity index (χ1n) is 6.34. The van der Waals surface area contributed by atoms with Crippen LogP contribution in [0, 0.1) is 11.8 Å². The molecule has 2 rings (SSSR count). The van der Waals surface area contributed by atoms with Crippen LogP contribution in [0.4, 0.5) is 0 Å². The van der Waals surface area contributed by atoms with Gasteiger partial charge in [0.15, 0.2) is 0 Å². The van der Waals surface area contributed by atoms with E-state index in [1.54, 1.807) is 6.07 Å². The minimum Gasteiger partial charge on any atom is -0.363 e. The number of rotatable bonds is 7. The Hall–Kier alpha value is -0.850. The van der Waals surface area contributed by atoms with Crippen molar-refractivity contribution in [2.75, 3.05) is 13.6 Å². The van der Waals surface area contributed by atoms with E-state index in [9.17, 15) is 8.42 Å². The largest absolute Gasteiger partial charge is 0.363 e. The van der Waals surface area contributed by atoms with E-state index in [1.807, 2.05) is 7.05 Å². The van der Waals surface area contributed by atoms with Crippen LogP contribution in [0.5, 0.6) is 0 Å². The monoisotopic (exact) mass is 271 g/mol. The highest BCUT2D eigenvalue weighted by atomic mass is 32.2. The van der Waals surface area contributed by atoms with E-state index in [4.69, 9.17) is 0 Å². The molecule has 1 unspecified atom stereocenters. The van der Waals surface area contributed by atoms with E-state index in [-0.39, 0.29) is 0 Å². The van der Waals surface area contributed by atoms with Crippen molar-refractivity contribution in [1.82, 2.24) is 15.0 Å². The molecule has 1 aromatic rings. The fraction of sp³-hybridized carbons (Fsp3) is 0.667. The predicted molar refractivity (Wildman–Crippen MR) is 70.6 cm³/mol. The maximum atomic E-state index is 12.0. The fourth-order valence-corrected chi connectivity index (χ4v) is 3.18. The summed E-state index contributed by atoms with van der Waals surface area (Å²) < 4.78 is 26.8. The van der Waals surface area contributed by atoms with E-state index >= 15 is 0 Å². The van der Waals surface area contributed by atoms with Crippen molar-refractivity contribution in [3.05, 3.63) is 18.0 Å². The topological polar surface area (TPSA) is 74.0 Å². The summed E-state index contributed by atoms with van der Waals surface area (Å²) in [6.45, 7) is 3.26. The maximum absolute atomic E-state index is 12.0. The van der Waals surface area contributed by atoms with Gasteiger partial charge in [0.2, 0.25) is 10.0 Å². The first-order chi connectivity index (χ1) is 8.53. The number of hydrogen-bond acceptors (Lipinski definition) is 3. The molecule has 0 aliphatic heterocycles. The van der Waals surface area contributed by atoms with E-state index in [0.29, 0.717) is 29.8 Å². The number of nitrogens with one attached hydrogen (secondary N) is 3. The second kappa shape index (κ2) is 5.42. The summed E-state index contributed by atoms with van der Waals surface area (Å²) in [4.78, 5) is 3.27. The highest BCUT2D eigenvalue weighted by molar-refractivity contribution is 7.89. The first kappa shape index (κ1) is 13.6. The third-order valence-electron chi connectivity index (χ3n) is 3.42. The quantitative estimate of drug-likeness (QED) is 0.694. The van der Waals surface area contributed by atoms with Crippen LogP contribution >= 0.6 is 0 Å². The Morgan fingerprint density at radius 1 is 1.50 bits per heavy atom. The number of sulfonamides is 1. The first-order valence-corrected chi connectivity index (χ1v) is 7.83. The molecule has 1 aliphatic rings. The molecule has 1 aromatic heterocycles. The van der Waals surface area contributed by atoms with E-state index in [2.05, 4.69) is 21.9 Å². The van der Waals surface area contributed by atoms with E-state index in [0.717, 1.165) is 5.69 Å². The van der Waals surface area contributed by atoms with Gasteiger partial charge in [-0.2, -0.15) is 0 Å². The predicted octanol–water partition coefficient (Wildman–Crippen LogP) is 1.06. The summed E-state index contributed by atoms with van der Waals surface area (Å²) in [6, 6.07) is 1.67. The van der Waals surface area contributed by atoms with Gasteiger partial charge in [0.25, 0.3) is 0 Å². The van der Waals surface area contributed by atoms with Crippen molar-refractivity contribution >= 4 is 10.0 Å². The molecule has 6 heteroatoms. The molecule has 0 amide bonds.